The van der Waals surface area contributed by atoms with E-state index in [1.54, 1.807) is 54.6 Å². The van der Waals surface area contributed by atoms with Gasteiger partial charge in [0.1, 0.15) is 6.04 Å². The maximum atomic E-state index is 13.9. The summed E-state index contributed by atoms with van der Waals surface area (Å²) in [7, 11) is 1.22. The summed E-state index contributed by atoms with van der Waals surface area (Å²) in [4.78, 5) is 41.6. The zero-order valence-corrected chi connectivity index (χ0v) is 18.9. The second-order valence-electron chi connectivity index (χ2n) is 7.44. The van der Waals surface area contributed by atoms with Crippen molar-refractivity contribution in [2.24, 2.45) is 0 Å². The van der Waals surface area contributed by atoms with Crippen molar-refractivity contribution in [3.05, 3.63) is 93.5 Å². The van der Waals surface area contributed by atoms with Gasteiger partial charge in [-0.15, -0.1) is 0 Å². The van der Waals surface area contributed by atoms with E-state index in [0.717, 1.165) is 0 Å². The Morgan fingerprint density at radius 2 is 1.61 bits per heavy atom. The number of nitrogen functional groups attached to an aromatic ring is 1. The Kier molecular flexibility index (Phi) is 6.26. The maximum absolute atomic E-state index is 13.9. The smallest absolute Gasteiger partial charge is 0.333 e. The Hall–Kier alpha value is -3.55. The average Bonchev–Trinajstić information content (AvgIpc) is 2.89. The number of carbonyl (C=O) groups excluding carboxylic acids is 3. The molecular weight excluding hydrogens is 465 g/mol. The number of halogens is 2. The molecule has 0 spiro atoms. The van der Waals surface area contributed by atoms with Gasteiger partial charge in [0.15, 0.2) is 6.04 Å². The summed E-state index contributed by atoms with van der Waals surface area (Å²) in [6.45, 7) is 0. The minimum atomic E-state index is -1.23. The van der Waals surface area contributed by atoms with Crippen LogP contribution in [0.4, 0.5) is 11.4 Å². The molecule has 3 N–H and O–H groups in total. The second kappa shape index (κ2) is 9.13. The van der Waals surface area contributed by atoms with Crippen molar-refractivity contribution in [1.29, 1.82) is 0 Å². The van der Waals surface area contributed by atoms with Crippen molar-refractivity contribution in [2.75, 3.05) is 18.2 Å². The minimum Gasteiger partial charge on any atom is -0.467 e. The van der Waals surface area contributed by atoms with Gasteiger partial charge in [-0.2, -0.15) is 0 Å². The number of esters is 1. The molecule has 3 aromatic carbocycles. The fourth-order valence-corrected chi connectivity index (χ4v) is 4.08. The van der Waals surface area contributed by atoms with Crippen molar-refractivity contribution >= 4 is 52.4 Å². The van der Waals surface area contributed by atoms with E-state index in [0.29, 0.717) is 26.9 Å². The molecule has 0 aromatic heterocycles. The largest absolute Gasteiger partial charge is 0.467 e. The van der Waals surface area contributed by atoms with Gasteiger partial charge in [0, 0.05) is 15.7 Å². The summed E-state index contributed by atoms with van der Waals surface area (Å²) in [5, 5.41) is 3.69. The third-order valence-corrected chi connectivity index (χ3v) is 5.87. The monoisotopic (exact) mass is 483 g/mol. The van der Waals surface area contributed by atoms with Crippen LogP contribution in [-0.4, -0.2) is 29.8 Å². The van der Waals surface area contributed by atoms with Crippen molar-refractivity contribution in [3.8, 4) is 0 Å². The van der Waals surface area contributed by atoms with Crippen LogP contribution in [0.3, 0.4) is 0 Å². The molecule has 0 bridgehead atoms. The summed E-state index contributed by atoms with van der Waals surface area (Å²) in [6.07, 6.45) is 0. The number of methoxy groups -OCH3 is 1. The third kappa shape index (κ3) is 4.37. The van der Waals surface area contributed by atoms with E-state index in [1.165, 1.54) is 24.1 Å². The number of rotatable bonds is 4. The number of nitrogens with one attached hydrogen (secondary N) is 1. The highest BCUT2D eigenvalue weighted by molar-refractivity contribution is 6.30. The van der Waals surface area contributed by atoms with E-state index in [2.05, 4.69) is 5.32 Å². The summed E-state index contributed by atoms with van der Waals surface area (Å²) in [5.74, 6) is -1.78. The van der Waals surface area contributed by atoms with Crippen LogP contribution in [0.1, 0.15) is 33.6 Å². The van der Waals surface area contributed by atoms with Crippen LogP contribution in [0.5, 0.6) is 0 Å². The molecule has 1 aliphatic heterocycles. The first kappa shape index (κ1) is 22.6. The first-order valence-corrected chi connectivity index (χ1v) is 10.7. The van der Waals surface area contributed by atoms with Gasteiger partial charge in [-0.05, 0) is 53.6 Å². The average molecular weight is 484 g/mol. The van der Waals surface area contributed by atoms with Gasteiger partial charge in [-0.25, -0.2) is 4.79 Å². The molecule has 1 heterocycles. The molecule has 0 saturated carbocycles. The Bertz CT molecular complexity index is 1230. The number of nitrogens with zero attached hydrogens (tertiary/aromatic N) is 1. The molecule has 0 aliphatic carbocycles. The van der Waals surface area contributed by atoms with Crippen molar-refractivity contribution < 1.29 is 19.1 Å². The van der Waals surface area contributed by atoms with Crippen LogP contribution in [-0.2, 0) is 14.3 Å². The fraction of sp³-hybridized carbons (Fsp3) is 0.125. The Morgan fingerprint density at radius 1 is 1.00 bits per heavy atom. The number of anilines is 2. The van der Waals surface area contributed by atoms with Gasteiger partial charge in [-0.1, -0.05) is 47.5 Å². The number of benzene rings is 3. The highest BCUT2D eigenvalue weighted by Crippen LogP contribution is 2.39. The van der Waals surface area contributed by atoms with Gasteiger partial charge >= 0.3 is 5.97 Å². The molecule has 0 saturated heterocycles. The number of hydrogen-bond donors (Lipinski definition) is 2. The molecule has 7 nitrogen and oxygen atoms in total. The number of fused-ring (bicyclic) bond motifs is 1. The molecule has 9 heteroatoms. The lowest BCUT2D eigenvalue weighted by molar-refractivity contribution is -0.147. The molecule has 4 rings (SSSR count). The van der Waals surface area contributed by atoms with E-state index in [4.69, 9.17) is 33.7 Å². The summed E-state index contributed by atoms with van der Waals surface area (Å²) in [6, 6.07) is 15.1. The third-order valence-electron chi connectivity index (χ3n) is 5.37. The van der Waals surface area contributed by atoms with Crippen molar-refractivity contribution in [3.63, 3.8) is 0 Å². The lowest BCUT2D eigenvalue weighted by Gasteiger charge is -2.35. The normalized spacial score (nSPS) is 16.5. The minimum absolute atomic E-state index is 0.192. The van der Waals surface area contributed by atoms with Gasteiger partial charge in [0.25, 0.3) is 11.8 Å². The lowest BCUT2D eigenvalue weighted by atomic mass is 9.97. The number of ether oxygens (including phenoxy) is 1. The molecule has 3 aromatic rings. The number of nitrogens with two attached hydrogens (primary N) is 1. The van der Waals surface area contributed by atoms with Gasteiger partial charge in [0.05, 0.1) is 18.4 Å². The number of amides is 2. The molecule has 2 unspecified atom stereocenters. The maximum Gasteiger partial charge on any atom is 0.333 e. The molecule has 168 valence electrons. The van der Waals surface area contributed by atoms with E-state index in [9.17, 15) is 14.4 Å². The zero-order valence-electron chi connectivity index (χ0n) is 17.4. The second-order valence-corrected chi connectivity index (χ2v) is 8.31. The van der Waals surface area contributed by atoms with E-state index < -0.39 is 29.9 Å². The van der Waals surface area contributed by atoms with Crippen molar-refractivity contribution in [2.45, 2.75) is 12.1 Å². The van der Waals surface area contributed by atoms with Crippen LogP contribution < -0.4 is 11.1 Å². The molecule has 33 heavy (non-hydrogen) atoms. The van der Waals surface area contributed by atoms with Crippen LogP contribution in [0.25, 0.3) is 0 Å². The van der Waals surface area contributed by atoms with Crippen molar-refractivity contribution in [1.82, 2.24) is 4.90 Å². The lowest BCUT2D eigenvalue weighted by Crippen LogP contribution is -2.44. The molecule has 2 atom stereocenters. The highest BCUT2D eigenvalue weighted by atomic mass is 35.5. The zero-order chi connectivity index (χ0) is 23.7. The standard InChI is InChI=1S/C24H19Cl2N3O4/c1-33-24(32)21(14-4-8-16(26)9-5-14)29-20(13-2-6-15(25)7-3-13)22(30)28-19-12-17(27)10-11-18(19)23(29)31/h2-12,20-21H,27H2,1H3,(H,28,30). The van der Waals surface area contributed by atoms with E-state index in [-0.39, 0.29) is 11.3 Å². The first-order chi connectivity index (χ1) is 15.8. The van der Waals surface area contributed by atoms with Crippen LogP contribution in [0.15, 0.2) is 66.7 Å². The fourth-order valence-electron chi connectivity index (χ4n) is 3.83. The molecule has 1 aliphatic rings. The summed E-state index contributed by atoms with van der Waals surface area (Å²) < 4.78 is 5.05. The van der Waals surface area contributed by atoms with E-state index in [1.807, 2.05) is 0 Å². The topological polar surface area (TPSA) is 102 Å². The van der Waals surface area contributed by atoms with Crippen LogP contribution in [0, 0.1) is 0 Å². The number of carbonyl (C=O) groups is 3. The Morgan fingerprint density at radius 3 is 2.21 bits per heavy atom. The van der Waals surface area contributed by atoms with Gasteiger partial charge in [0.2, 0.25) is 0 Å². The first-order valence-electron chi connectivity index (χ1n) is 9.92. The molecule has 0 radical (unpaired) electrons. The summed E-state index contributed by atoms with van der Waals surface area (Å²) in [5.41, 5.74) is 7.60. The van der Waals surface area contributed by atoms with Crippen LogP contribution in [0.2, 0.25) is 10.0 Å². The Balaban J connectivity index is 1.96. The van der Waals surface area contributed by atoms with Gasteiger partial charge in [-0.3, -0.25) is 9.59 Å². The molecule has 2 amide bonds. The quantitative estimate of drug-likeness (QED) is 0.416. The van der Waals surface area contributed by atoms with Gasteiger partial charge < -0.3 is 20.7 Å². The highest BCUT2D eigenvalue weighted by Gasteiger charge is 2.44. The molecular formula is C24H19Cl2N3O4. The van der Waals surface area contributed by atoms with E-state index >= 15 is 0 Å². The number of hydrogen-bond acceptors (Lipinski definition) is 5. The predicted molar refractivity (Wildman–Crippen MR) is 126 cm³/mol. The Labute approximate surface area is 200 Å². The molecule has 0 fully saturated rings. The summed E-state index contributed by atoms with van der Waals surface area (Å²) >= 11 is 12.1. The van der Waals surface area contributed by atoms with Crippen LogP contribution >= 0.6 is 23.2 Å². The SMILES string of the molecule is COC(=O)C(c1ccc(Cl)cc1)N1C(=O)c2ccc(N)cc2NC(=O)C1c1ccc(Cl)cc1. The predicted octanol–water partition coefficient (Wildman–Crippen LogP) is 4.63.